The molecule has 55 heavy (non-hydrogen) atoms. The SMILES string of the molecule is CC(=O)Nc1ccc(C(=O)N2CCN(C(=O)Nc3ccc(C[C@H](NC(=O)[C@H]4N(S(=O)(=O)c5cccnc5)CSC4(C)C)C(=O)OC(C)(C)C)cc3)CC2)cc1. The van der Waals surface area contributed by atoms with Gasteiger partial charge in [-0.25, -0.2) is 18.0 Å². The lowest BCUT2D eigenvalue weighted by Gasteiger charge is -2.34. The number of piperazine rings is 1. The summed E-state index contributed by atoms with van der Waals surface area (Å²) in [4.78, 5) is 72.1. The van der Waals surface area contributed by atoms with E-state index in [1.165, 1.54) is 43.2 Å². The lowest BCUT2D eigenvalue weighted by molar-refractivity contribution is -0.158. The van der Waals surface area contributed by atoms with Crippen molar-refractivity contribution in [2.45, 2.75) is 75.3 Å². The van der Waals surface area contributed by atoms with E-state index in [0.29, 0.717) is 48.7 Å². The number of anilines is 2. The number of pyridine rings is 1. The summed E-state index contributed by atoms with van der Waals surface area (Å²) < 4.78 is 33.2. The Kier molecular flexibility index (Phi) is 12.6. The number of aromatic nitrogens is 1. The van der Waals surface area contributed by atoms with Crippen molar-refractivity contribution in [1.29, 1.82) is 0 Å². The highest BCUT2D eigenvalue weighted by Gasteiger charge is 2.51. The highest BCUT2D eigenvalue weighted by atomic mass is 32.2. The van der Waals surface area contributed by atoms with E-state index in [-0.39, 0.29) is 35.0 Å². The quantitative estimate of drug-likeness (QED) is 0.254. The second-order valence-electron chi connectivity index (χ2n) is 14.8. The van der Waals surface area contributed by atoms with Crippen molar-refractivity contribution in [2.75, 3.05) is 42.7 Å². The molecule has 0 aliphatic carbocycles. The largest absolute Gasteiger partial charge is 0.458 e. The summed E-state index contributed by atoms with van der Waals surface area (Å²) in [6, 6.07) is 13.8. The van der Waals surface area contributed by atoms with E-state index in [1.54, 1.807) is 92.9 Å². The van der Waals surface area contributed by atoms with Crippen molar-refractivity contribution < 1.29 is 37.1 Å². The van der Waals surface area contributed by atoms with Gasteiger partial charge >= 0.3 is 12.0 Å². The molecule has 3 heterocycles. The van der Waals surface area contributed by atoms with Crippen LogP contribution in [-0.2, 0) is 35.6 Å². The summed E-state index contributed by atoms with van der Waals surface area (Å²) in [5.41, 5.74) is 1.39. The van der Waals surface area contributed by atoms with Crippen LogP contribution in [0.5, 0.6) is 0 Å². The molecule has 5 amide bonds. The van der Waals surface area contributed by atoms with Crippen LogP contribution in [0.25, 0.3) is 0 Å². The van der Waals surface area contributed by atoms with E-state index in [0.717, 1.165) is 4.31 Å². The summed E-state index contributed by atoms with van der Waals surface area (Å²) >= 11 is 1.32. The van der Waals surface area contributed by atoms with Gasteiger partial charge in [-0.2, -0.15) is 4.31 Å². The van der Waals surface area contributed by atoms with Gasteiger partial charge in [0.2, 0.25) is 21.8 Å². The van der Waals surface area contributed by atoms with E-state index >= 15 is 0 Å². The van der Waals surface area contributed by atoms with Gasteiger partial charge < -0.3 is 30.5 Å². The van der Waals surface area contributed by atoms with Crippen LogP contribution >= 0.6 is 11.8 Å². The lowest BCUT2D eigenvalue weighted by atomic mass is 10.0. The van der Waals surface area contributed by atoms with E-state index < -0.39 is 44.3 Å². The first kappa shape index (κ1) is 41.2. The third-order valence-corrected chi connectivity index (χ3v) is 12.3. The zero-order valence-corrected chi connectivity index (χ0v) is 33.3. The second kappa shape index (κ2) is 16.8. The van der Waals surface area contributed by atoms with Gasteiger partial charge in [0.25, 0.3) is 5.91 Å². The summed E-state index contributed by atoms with van der Waals surface area (Å²) in [7, 11) is -4.09. The molecule has 0 unspecified atom stereocenters. The zero-order chi connectivity index (χ0) is 40.1. The fraction of sp³-hybridized carbons (Fsp3) is 0.421. The first-order valence-electron chi connectivity index (χ1n) is 17.7. The monoisotopic (exact) mass is 793 g/mol. The van der Waals surface area contributed by atoms with Crippen LogP contribution in [0.3, 0.4) is 0 Å². The number of rotatable bonds is 10. The molecule has 2 aliphatic heterocycles. The standard InChI is InChI=1S/C38H47N7O8S2/c1-25(46)40-28-15-11-27(12-16-28)34(48)43-18-20-44(21-19-43)36(50)41-29-13-9-26(10-14-29)22-31(35(49)53-37(2,3)4)42-33(47)32-38(5,6)54-24-45(32)55(51,52)30-8-7-17-39-23-30/h7-17,23,31-32H,18-22,24H2,1-6H3,(H,40,46)(H,41,50)(H,42,47)/t31-,32+/m0/s1. The van der Waals surface area contributed by atoms with Crippen molar-refractivity contribution in [3.05, 3.63) is 84.2 Å². The Morgan fingerprint density at radius 3 is 2.09 bits per heavy atom. The first-order valence-corrected chi connectivity index (χ1v) is 20.2. The van der Waals surface area contributed by atoms with Crippen LogP contribution in [0.4, 0.5) is 16.2 Å². The minimum atomic E-state index is -4.09. The molecule has 294 valence electrons. The molecule has 15 nitrogen and oxygen atoms in total. The Bertz CT molecular complexity index is 2000. The van der Waals surface area contributed by atoms with Crippen molar-refractivity contribution in [2.24, 2.45) is 0 Å². The molecule has 1 aromatic heterocycles. The van der Waals surface area contributed by atoms with Crippen LogP contribution in [0.1, 0.15) is 57.5 Å². The first-order chi connectivity index (χ1) is 25.8. The average Bonchev–Trinajstić information content (AvgIpc) is 3.47. The number of carbonyl (C=O) groups is 5. The molecule has 2 aliphatic rings. The van der Waals surface area contributed by atoms with Crippen molar-refractivity contribution in [3.63, 3.8) is 0 Å². The smallest absolute Gasteiger partial charge is 0.329 e. The molecule has 17 heteroatoms. The van der Waals surface area contributed by atoms with Crippen LogP contribution < -0.4 is 16.0 Å². The van der Waals surface area contributed by atoms with E-state index in [4.69, 9.17) is 4.74 Å². The number of amides is 5. The van der Waals surface area contributed by atoms with Gasteiger partial charge in [0.05, 0.1) is 5.88 Å². The number of carbonyl (C=O) groups excluding carboxylic acids is 5. The number of hydrogen-bond acceptors (Lipinski definition) is 10. The molecule has 2 fully saturated rings. The van der Waals surface area contributed by atoms with Gasteiger partial charge in [-0.3, -0.25) is 19.4 Å². The molecular weight excluding hydrogens is 747 g/mol. The normalized spacial score (nSPS) is 17.9. The number of urea groups is 1. The minimum absolute atomic E-state index is 0.0382. The maximum Gasteiger partial charge on any atom is 0.329 e. The number of benzene rings is 2. The summed E-state index contributed by atoms with van der Waals surface area (Å²) in [5, 5.41) is 8.34. The van der Waals surface area contributed by atoms with Crippen LogP contribution in [-0.4, -0.2) is 112 Å². The molecule has 5 rings (SSSR count). The highest BCUT2D eigenvalue weighted by molar-refractivity contribution is 8.02. The predicted octanol–water partition coefficient (Wildman–Crippen LogP) is 3.94. The van der Waals surface area contributed by atoms with E-state index in [9.17, 15) is 32.4 Å². The third-order valence-electron chi connectivity index (χ3n) is 8.96. The molecule has 3 N–H and O–H groups in total. The van der Waals surface area contributed by atoms with Gasteiger partial charge in [-0.15, -0.1) is 11.8 Å². The zero-order valence-electron chi connectivity index (χ0n) is 31.7. The fourth-order valence-electron chi connectivity index (χ4n) is 6.19. The molecule has 0 spiro atoms. The molecule has 0 radical (unpaired) electrons. The van der Waals surface area contributed by atoms with Gasteiger partial charge in [0, 0.05) is 73.6 Å². The highest BCUT2D eigenvalue weighted by Crippen LogP contribution is 2.42. The Labute approximate surface area is 325 Å². The van der Waals surface area contributed by atoms with Crippen molar-refractivity contribution in [1.82, 2.24) is 24.4 Å². The maximum absolute atomic E-state index is 14.0. The molecular formula is C38H47N7O8S2. The molecule has 0 bridgehead atoms. The Balaban J connectivity index is 1.21. The Morgan fingerprint density at radius 1 is 0.909 bits per heavy atom. The lowest BCUT2D eigenvalue weighted by Crippen LogP contribution is -2.57. The van der Waals surface area contributed by atoms with Gasteiger partial charge in [-0.05, 0) is 88.7 Å². The number of ether oxygens (including phenoxy) is 1. The molecule has 2 atom stereocenters. The second-order valence-corrected chi connectivity index (χ2v) is 18.3. The number of nitrogens with one attached hydrogen (secondary N) is 3. The number of sulfonamides is 1. The van der Waals surface area contributed by atoms with Crippen LogP contribution in [0.2, 0.25) is 0 Å². The maximum atomic E-state index is 14.0. The molecule has 0 saturated carbocycles. The van der Waals surface area contributed by atoms with Crippen LogP contribution in [0, 0.1) is 0 Å². The van der Waals surface area contributed by atoms with Crippen molar-refractivity contribution >= 4 is 62.9 Å². The number of thioether (sulfide) groups is 1. The van der Waals surface area contributed by atoms with Crippen molar-refractivity contribution in [3.8, 4) is 0 Å². The Morgan fingerprint density at radius 2 is 1.51 bits per heavy atom. The van der Waals surface area contributed by atoms with Gasteiger partial charge in [0.15, 0.2) is 0 Å². The minimum Gasteiger partial charge on any atom is -0.458 e. The molecule has 3 aromatic rings. The van der Waals surface area contributed by atoms with E-state index in [2.05, 4.69) is 20.9 Å². The summed E-state index contributed by atoms with van der Waals surface area (Å²) in [5.74, 6) is -1.64. The predicted molar refractivity (Wildman–Crippen MR) is 209 cm³/mol. The number of hydrogen-bond donors (Lipinski definition) is 3. The number of nitrogens with zero attached hydrogens (tertiary/aromatic N) is 4. The fourth-order valence-corrected chi connectivity index (χ4v) is 9.33. The summed E-state index contributed by atoms with van der Waals surface area (Å²) in [6.45, 7) is 11.5. The topological polar surface area (TPSA) is 187 Å². The van der Waals surface area contributed by atoms with Gasteiger partial charge in [-0.1, -0.05) is 12.1 Å². The average molecular weight is 794 g/mol. The van der Waals surface area contributed by atoms with E-state index in [1.807, 2.05) is 0 Å². The third kappa shape index (κ3) is 10.4. The molecule has 2 saturated heterocycles. The molecule has 2 aromatic carbocycles. The number of esters is 1. The Hall–Kier alpha value is -5.00. The van der Waals surface area contributed by atoms with Gasteiger partial charge in [0.1, 0.15) is 22.6 Å². The summed E-state index contributed by atoms with van der Waals surface area (Å²) in [6.07, 6.45) is 2.74. The van der Waals surface area contributed by atoms with Crippen LogP contribution in [0.15, 0.2) is 78.0 Å².